The number of nitrogens with zero attached hydrogens (tertiary/aromatic N) is 2. The fraction of sp³-hybridized carbons (Fsp3) is 0.318. The molecule has 8 heteroatoms. The first-order valence-electron chi connectivity index (χ1n) is 9.50. The van der Waals surface area contributed by atoms with Gasteiger partial charge in [-0.1, -0.05) is 35.9 Å². The van der Waals surface area contributed by atoms with Gasteiger partial charge >= 0.3 is 0 Å². The van der Waals surface area contributed by atoms with E-state index in [1.807, 2.05) is 32.0 Å². The van der Waals surface area contributed by atoms with Gasteiger partial charge in [0, 0.05) is 12.7 Å². The molecule has 160 valence electrons. The van der Waals surface area contributed by atoms with Crippen LogP contribution in [0.1, 0.15) is 11.1 Å². The largest absolute Gasteiger partial charge is 0.335 e. The summed E-state index contributed by atoms with van der Waals surface area (Å²) in [5.74, 6) is -0.835. The first-order valence-corrected chi connectivity index (χ1v) is 9.88. The number of rotatable bonds is 8. The highest BCUT2D eigenvalue weighted by Crippen LogP contribution is 2.20. The molecule has 0 unspecified atom stereocenters. The van der Waals surface area contributed by atoms with Crippen molar-refractivity contribution >= 4 is 40.7 Å². The number of amides is 3. The van der Waals surface area contributed by atoms with Gasteiger partial charge in [-0.15, -0.1) is 0 Å². The molecule has 0 heterocycles. The third kappa shape index (κ3) is 6.86. The van der Waals surface area contributed by atoms with Gasteiger partial charge in [0.05, 0.1) is 30.3 Å². The number of hydrogen-bond donors (Lipinski definition) is 2. The van der Waals surface area contributed by atoms with Crippen LogP contribution in [0.3, 0.4) is 0 Å². The lowest BCUT2D eigenvalue weighted by Gasteiger charge is -2.21. The van der Waals surface area contributed by atoms with E-state index in [2.05, 4.69) is 10.6 Å². The number of para-hydroxylation sites is 1. The van der Waals surface area contributed by atoms with E-state index in [0.717, 1.165) is 16.8 Å². The molecular formula is C22H27ClN4O3. The molecule has 0 aliphatic carbocycles. The van der Waals surface area contributed by atoms with Crippen molar-refractivity contribution in [2.75, 3.05) is 44.4 Å². The number of hydrogen-bond acceptors (Lipinski definition) is 4. The van der Waals surface area contributed by atoms with Crippen LogP contribution in [0, 0.1) is 13.8 Å². The normalized spacial score (nSPS) is 10.6. The van der Waals surface area contributed by atoms with Crippen molar-refractivity contribution in [3.05, 3.63) is 58.6 Å². The van der Waals surface area contributed by atoms with E-state index in [1.165, 1.54) is 4.90 Å². The van der Waals surface area contributed by atoms with E-state index in [1.54, 1.807) is 43.3 Å². The first-order chi connectivity index (χ1) is 14.2. The molecule has 0 radical (unpaired) electrons. The van der Waals surface area contributed by atoms with Crippen molar-refractivity contribution in [1.82, 2.24) is 9.80 Å². The van der Waals surface area contributed by atoms with Crippen LogP contribution in [0.2, 0.25) is 5.02 Å². The lowest BCUT2D eigenvalue weighted by Crippen LogP contribution is -2.42. The van der Waals surface area contributed by atoms with E-state index in [4.69, 9.17) is 11.6 Å². The van der Waals surface area contributed by atoms with Crippen LogP contribution in [-0.4, -0.2) is 61.3 Å². The average Bonchev–Trinajstić information content (AvgIpc) is 2.67. The van der Waals surface area contributed by atoms with E-state index in [9.17, 15) is 14.4 Å². The number of halogens is 1. The molecule has 2 rings (SSSR count). The number of likely N-dealkylation sites (N-methyl/N-ethyl adjacent to an activating group) is 2. The third-order valence-electron chi connectivity index (χ3n) is 4.65. The van der Waals surface area contributed by atoms with Gasteiger partial charge in [0.1, 0.15) is 0 Å². The number of anilines is 2. The molecule has 0 aliphatic rings. The highest BCUT2D eigenvalue weighted by Gasteiger charge is 2.17. The molecule has 0 saturated carbocycles. The van der Waals surface area contributed by atoms with Crippen LogP contribution in [-0.2, 0) is 14.4 Å². The summed E-state index contributed by atoms with van der Waals surface area (Å²) in [6.07, 6.45) is 0. The highest BCUT2D eigenvalue weighted by atomic mass is 35.5. The second-order valence-corrected chi connectivity index (χ2v) is 7.65. The molecule has 0 bridgehead atoms. The molecule has 0 aromatic heterocycles. The Kier molecular flexibility index (Phi) is 8.38. The SMILES string of the molecule is Cc1cccc(NC(=O)CN(C)CC(=O)N(C)CC(=O)Nc2ccccc2Cl)c1C. The van der Waals surface area contributed by atoms with E-state index in [-0.39, 0.29) is 37.4 Å². The predicted octanol–water partition coefficient (Wildman–Crippen LogP) is 2.92. The zero-order valence-corrected chi connectivity index (χ0v) is 18.4. The van der Waals surface area contributed by atoms with Crippen LogP contribution in [0.5, 0.6) is 0 Å². The van der Waals surface area contributed by atoms with Crippen LogP contribution < -0.4 is 10.6 Å². The monoisotopic (exact) mass is 430 g/mol. The van der Waals surface area contributed by atoms with E-state index in [0.29, 0.717) is 10.7 Å². The molecule has 0 aliphatic heterocycles. The summed E-state index contributed by atoms with van der Waals surface area (Å²) in [6.45, 7) is 3.87. The van der Waals surface area contributed by atoms with Crippen molar-refractivity contribution in [2.45, 2.75) is 13.8 Å². The van der Waals surface area contributed by atoms with Gasteiger partial charge in [-0.3, -0.25) is 19.3 Å². The maximum absolute atomic E-state index is 12.4. The smallest absolute Gasteiger partial charge is 0.244 e. The molecule has 30 heavy (non-hydrogen) atoms. The summed E-state index contributed by atoms with van der Waals surface area (Å²) in [6, 6.07) is 12.6. The lowest BCUT2D eigenvalue weighted by molar-refractivity contribution is -0.134. The number of carbonyl (C=O) groups excluding carboxylic acids is 3. The quantitative estimate of drug-likeness (QED) is 0.674. The van der Waals surface area contributed by atoms with Gasteiger partial charge in [-0.05, 0) is 50.2 Å². The standard InChI is InChI=1S/C22H27ClN4O3/c1-15-8-7-11-18(16(15)2)24-20(28)12-26(3)14-22(30)27(4)13-21(29)25-19-10-6-5-9-17(19)23/h5-11H,12-14H2,1-4H3,(H,24,28)(H,25,29). The van der Waals surface area contributed by atoms with Crippen molar-refractivity contribution < 1.29 is 14.4 Å². The zero-order valence-electron chi connectivity index (χ0n) is 17.7. The zero-order chi connectivity index (χ0) is 22.3. The Morgan fingerprint density at radius 3 is 2.13 bits per heavy atom. The van der Waals surface area contributed by atoms with Crippen LogP contribution >= 0.6 is 11.6 Å². The Morgan fingerprint density at radius 1 is 0.833 bits per heavy atom. The van der Waals surface area contributed by atoms with Gasteiger partial charge in [0.25, 0.3) is 0 Å². The molecule has 0 fully saturated rings. The molecule has 0 atom stereocenters. The van der Waals surface area contributed by atoms with Crippen LogP contribution in [0.4, 0.5) is 11.4 Å². The van der Waals surface area contributed by atoms with Gasteiger partial charge < -0.3 is 15.5 Å². The summed E-state index contributed by atoms with van der Waals surface area (Å²) >= 11 is 6.02. The summed E-state index contributed by atoms with van der Waals surface area (Å²) in [4.78, 5) is 39.8. The molecule has 2 aromatic carbocycles. The minimum absolute atomic E-state index is 0.0100. The number of nitrogens with one attached hydrogen (secondary N) is 2. The topological polar surface area (TPSA) is 81.8 Å². The van der Waals surface area contributed by atoms with Crippen LogP contribution in [0.15, 0.2) is 42.5 Å². The molecule has 3 amide bonds. The molecule has 0 spiro atoms. The second kappa shape index (κ2) is 10.8. The van der Waals surface area contributed by atoms with E-state index >= 15 is 0 Å². The number of aryl methyl sites for hydroxylation is 1. The van der Waals surface area contributed by atoms with Crippen molar-refractivity contribution in [3.63, 3.8) is 0 Å². The Labute approximate surface area is 182 Å². The van der Waals surface area contributed by atoms with Gasteiger partial charge in [-0.2, -0.15) is 0 Å². The van der Waals surface area contributed by atoms with Gasteiger partial charge in [0.2, 0.25) is 17.7 Å². The van der Waals surface area contributed by atoms with E-state index < -0.39 is 0 Å². The van der Waals surface area contributed by atoms with Crippen molar-refractivity contribution in [1.29, 1.82) is 0 Å². The Bertz CT molecular complexity index is 932. The number of benzene rings is 2. The van der Waals surface area contributed by atoms with Gasteiger partial charge in [0.15, 0.2) is 0 Å². The first kappa shape index (κ1) is 23.4. The van der Waals surface area contributed by atoms with Crippen molar-refractivity contribution in [2.24, 2.45) is 0 Å². The Hall–Kier alpha value is -2.90. The number of carbonyl (C=O) groups is 3. The third-order valence-corrected chi connectivity index (χ3v) is 4.98. The van der Waals surface area contributed by atoms with Gasteiger partial charge in [-0.25, -0.2) is 0 Å². The highest BCUT2D eigenvalue weighted by molar-refractivity contribution is 6.33. The predicted molar refractivity (Wildman–Crippen MR) is 120 cm³/mol. The summed E-state index contributed by atoms with van der Waals surface area (Å²) in [5, 5.41) is 5.97. The van der Waals surface area contributed by atoms with Crippen molar-refractivity contribution in [3.8, 4) is 0 Å². The minimum atomic E-state index is -0.353. The Balaban J connectivity index is 1.81. The lowest BCUT2D eigenvalue weighted by atomic mass is 10.1. The average molecular weight is 431 g/mol. The Morgan fingerprint density at radius 2 is 1.43 bits per heavy atom. The summed E-state index contributed by atoms with van der Waals surface area (Å²) in [5.41, 5.74) is 3.35. The maximum Gasteiger partial charge on any atom is 0.244 e. The maximum atomic E-state index is 12.4. The summed E-state index contributed by atoms with van der Waals surface area (Å²) < 4.78 is 0. The minimum Gasteiger partial charge on any atom is -0.335 e. The van der Waals surface area contributed by atoms with Crippen LogP contribution in [0.25, 0.3) is 0 Å². The second-order valence-electron chi connectivity index (χ2n) is 7.25. The molecule has 2 aromatic rings. The molecule has 7 nitrogen and oxygen atoms in total. The molecule has 0 saturated heterocycles. The fourth-order valence-corrected chi connectivity index (χ4v) is 2.97. The molecule has 2 N–H and O–H groups in total. The molecular weight excluding hydrogens is 404 g/mol. The summed E-state index contributed by atoms with van der Waals surface area (Å²) in [7, 11) is 3.22. The fourth-order valence-electron chi connectivity index (χ4n) is 2.78.